The second-order valence-corrected chi connectivity index (χ2v) is 7.47. The first-order valence-corrected chi connectivity index (χ1v) is 9.44. The van der Waals surface area contributed by atoms with Gasteiger partial charge >= 0.3 is 0 Å². The molecular weight excluding hydrogens is 342 g/mol. The van der Waals surface area contributed by atoms with Crippen LogP contribution >= 0.6 is 0 Å². The Morgan fingerprint density at radius 1 is 1.41 bits per heavy atom. The fourth-order valence-electron chi connectivity index (χ4n) is 3.76. The SMILES string of the molecule is Cc1cc(-c2n[nH]c(C(=O)NC3CCCNC3)c2C(C)C)cn2ncnc12. The summed E-state index contributed by atoms with van der Waals surface area (Å²) in [6.45, 7) is 7.98. The van der Waals surface area contributed by atoms with Crippen molar-refractivity contribution < 1.29 is 4.79 Å². The minimum Gasteiger partial charge on any atom is -0.347 e. The van der Waals surface area contributed by atoms with Gasteiger partial charge in [0.1, 0.15) is 12.0 Å². The molecule has 8 heteroatoms. The first-order chi connectivity index (χ1) is 13.0. The second-order valence-electron chi connectivity index (χ2n) is 7.47. The first-order valence-electron chi connectivity index (χ1n) is 9.44. The van der Waals surface area contributed by atoms with Gasteiger partial charge in [0.25, 0.3) is 5.91 Å². The average Bonchev–Trinajstić information content (AvgIpc) is 3.29. The molecular formula is C19H25N7O. The maximum Gasteiger partial charge on any atom is 0.269 e. The van der Waals surface area contributed by atoms with Gasteiger partial charge in [-0.2, -0.15) is 10.2 Å². The highest BCUT2D eigenvalue weighted by atomic mass is 16.2. The van der Waals surface area contributed by atoms with Crippen LogP contribution in [0.25, 0.3) is 16.9 Å². The molecule has 3 N–H and O–H groups in total. The summed E-state index contributed by atoms with van der Waals surface area (Å²) in [4.78, 5) is 17.1. The molecule has 4 heterocycles. The maximum atomic E-state index is 12.9. The Morgan fingerprint density at radius 2 is 2.26 bits per heavy atom. The van der Waals surface area contributed by atoms with Crippen molar-refractivity contribution in [3.63, 3.8) is 0 Å². The van der Waals surface area contributed by atoms with Crippen LogP contribution in [0, 0.1) is 6.92 Å². The van der Waals surface area contributed by atoms with Crippen molar-refractivity contribution in [1.29, 1.82) is 0 Å². The number of hydrogen-bond donors (Lipinski definition) is 3. The Labute approximate surface area is 157 Å². The number of aromatic nitrogens is 5. The Hall–Kier alpha value is -2.74. The minimum atomic E-state index is -0.0929. The quantitative estimate of drug-likeness (QED) is 0.655. The molecule has 1 saturated heterocycles. The molecule has 0 saturated carbocycles. The molecule has 0 bridgehead atoms. The molecule has 1 fully saturated rings. The molecule has 0 spiro atoms. The molecule has 0 radical (unpaired) electrons. The number of hydrogen-bond acceptors (Lipinski definition) is 5. The lowest BCUT2D eigenvalue weighted by Crippen LogP contribution is -2.45. The van der Waals surface area contributed by atoms with E-state index in [2.05, 4.69) is 44.8 Å². The van der Waals surface area contributed by atoms with Gasteiger partial charge in [-0.05, 0) is 43.9 Å². The Bertz CT molecular complexity index is 966. The minimum absolute atomic E-state index is 0.0929. The van der Waals surface area contributed by atoms with Crippen molar-refractivity contribution in [3.8, 4) is 11.3 Å². The third-order valence-corrected chi connectivity index (χ3v) is 5.07. The largest absolute Gasteiger partial charge is 0.347 e. The first kappa shape index (κ1) is 17.7. The van der Waals surface area contributed by atoms with Crippen LogP contribution in [0.15, 0.2) is 18.6 Å². The molecule has 1 atom stereocenters. The highest BCUT2D eigenvalue weighted by molar-refractivity contribution is 5.96. The summed E-state index contributed by atoms with van der Waals surface area (Å²) in [6, 6.07) is 2.20. The number of nitrogens with one attached hydrogen (secondary N) is 3. The van der Waals surface area contributed by atoms with Crippen LogP contribution in [0.4, 0.5) is 0 Å². The molecule has 1 amide bonds. The number of carbonyl (C=O) groups excluding carboxylic acids is 1. The molecule has 0 aromatic carbocycles. The Morgan fingerprint density at radius 3 is 3.00 bits per heavy atom. The zero-order valence-electron chi connectivity index (χ0n) is 15.9. The van der Waals surface area contributed by atoms with Gasteiger partial charge < -0.3 is 10.6 Å². The van der Waals surface area contributed by atoms with Crippen LogP contribution in [-0.4, -0.2) is 49.8 Å². The van der Waals surface area contributed by atoms with E-state index in [4.69, 9.17) is 0 Å². The van der Waals surface area contributed by atoms with Gasteiger partial charge in [-0.25, -0.2) is 9.50 Å². The van der Waals surface area contributed by atoms with E-state index in [1.807, 2.05) is 19.2 Å². The molecule has 3 aromatic heterocycles. The third kappa shape index (κ3) is 3.32. The van der Waals surface area contributed by atoms with Gasteiger partial charge in [-0.3, -0.25) is 9.89 Å². The van der Waals surface area contributed by atoms with E-state index in [1.165, 1.54) is 6.33 Å². The molecule has 1 unspecified atom stereocenters. The molecule has 1 aliphatic heterocycles. The summed E-state index contributed by atoms with van der Waals surface area (Å²) in [5.74, 6) is 0.0560. The molecule has 1 aliphatic rings. The number of H-pyrrole nitrogens is 1. The fraction of sp³-hybridized carbons (Fsp3) is 0.474. The van der Waals surface area contributed by atoms with Crippen LogP contribution in [0.5, 0.6) is 0 Å². The number of rotatable bonds is 4. The predicted octanol–water partition coefficient (Wildman–Crippen LogP) is 2.03. The van der Waals surface area contributed by atoms with Gasteiger partial charge in [-0.1, -0.05) is 13.8 Å². The summed E-state index contributed by atoms with van der Waals surface area (Å²) in [5, 5.41) is 18.2. The van der Waals surface area contributed by atoms with Crippen LogP contribution < -0.4 is 10.6 Å². The number of amides is 1. The summed E-state index contributed by atoms with van der Waals surface area (Å²) in [7, 11) is 0. The van der Waals surface area contributed by atoms with Crippen molar-refractivity contribution in [1.82, 2.24) is 35.4 Å². The Balaban J connectivity index is 1.70. The number of aryl methyl sites for hydroxylation is 1. The molecule has 8 nitrogen and oxygen atoms in total. The number of aromatic amines is 1. The van der Waals surface area contributed by atoms with Crippen molar-refractivity contribution in [2.45, 2.75) is 45.6 Å². The van der Waals surface area contributed by atoms with E-state index in [0.29, 0.717) is 5.69 Å². The van der Waals surface area contributed by atoms with E-state index >= 15 is 0 Å². The molecule has 142 valence electrons. The number of piperidine rings is 1. The van der Waals surface area contributed by atoms with Crippen LogP contribution in [-0.2, 0) is 0 Å². The zero-order chi connectivity index (χ0) is 19.0. The highest BCUT2D eigenvalue weighted by Gasteiger charge is 2.25. The van der Waals surface area contributed by atoms with Gasteiger partial charge in [0.2, 0.25) is 0 Å². The second kappa shape index (κ2) is 7.11. The lowest BCUT2D eigenvalue weighted by atomic mass is 9.96. The fourth-order valence-corrected chi connectivity index (χ4v) is 3.76. The van der Waals surface area contributed by atoms with Crippen molar-refractivity contribution >= 4 is 11.6 Å². The van der Waals surface area contributed by atoms with Crippen molar-refractivity contribution in [2.75, 3.05) is 13.1 Å². The average molecular weight is 367 g/mol. The van der Waals surface area contributed by atoms with Crippen molar-refractivity contribution in [2.24, 2.45) is 0 Å². The number of fused-ring (bicyclic) bond motifs is 1. The standard InChI is InChI=1S/C19H25N7O/c1-11(2)15-16(13-7-12(3)18-21-10-22-26(18)9-13)24-25-17(15)19(27)23-14-5-4-6-20-8-14/h7,9-11,14,20H,4-6,8H2,1-3H3,(H,23,27)(H,24,25). The number of carbonyl (C=O) groups is 1. The van der Waals surface area contributed by atoms with Gasteiger partial charge in [0.15, 0.2) is 5.65 Å². The number of nitrogens with zero attached hydrogens (tertiary/aromatic N) is 4. The summed E-state index contributed by atoms with van der Waals surface area (Å²) in [5.41, 5.74) is 5.02. The normalized spacial score (nSPS) is 17.6. The van der Waals surface area contributed by atoms with Gasteiger partial charge in [-0.15, -0.1) is 0 Å². The van der Waals surface area contributed by atoms with Gasteiger partial charge in [0.05, 0.1) is 5.69 Å². The van der Waals surface area contributed by atoms with Crippen LogP contribution in [0.1, 0.15) is 54.2 Å². The van der Waals surface area contributed by atoms with Crippen LogP contribution in [0.2, 0.25) is 0 Å². The monoisotopic (exact) mass is 367 g/mol. The van der Waals surface area contributed by atoms with E-state index in [9.17, 15) is 4.79 Å². The molecule has 4 rings (SSSR count). The van der Waals surface area contributed by atoms with E-state index < -0.39 is 0 Å². The number of pyridine rings is 1. The Kier molecular flexibility index (Phi) is 4.65. The molecule has 3 aromatic rings. The van der Waals surface area contributed by atoms with E-state index in [1.54, 1.807) is 4.52 Å². The molecule has 0 aliphatic carbocycles. The van der Waals surface area contributed by atoms with E-state index in [0.717, 1.165) is 54.0 Å². The summed E-state index contributed by atoms with van der Waals surface area (Å²) >= 11 is 0. The lowest BCUT2D eigenvalue weighted by molar-refractivity contribution is 0.0924. The van der Waals surface area contributed by atoms with E-state index in [-0.39, 0.29) is 17.9 Å². The third-order valence-electron chi connectivity index (χ3n) is 5.07. The lowest BCUT2D eigenvalue weighted by Gasteiger charge is -2.23. The summed E-state index contributed by atoms with van der Waals surface area (Å²) < 4.78 is 1.75. The molecule has 27 heavy (non-hydrogen) atoms. The topological polar surface area (TPSA) is 100 Å². The predicted molar refractivity (Wildman–Crippen MR) is 103 cm³/mol. The smallest absolute Gasteiger partial charge is 0.269 e. The summed E-state index contributed by atoms with van der Waals surface area (Å²) in [6.07, 6.45) is 5.52. The van der Waals surface area contributed by atoms with Gasteiger partial charge in [0, 0.05) is 29.9 Å². The zero-order valence-corrected chi connectivity index (χ0v) is 15.9. The highest BCUT2D eigenvalue weighted by Crippen LogP contribution is 2.31. The maximum absolute atomic E-state index is 12.9. The van der Waals surface area contributed by atoms with Crippen LogP contribution in [0.3, 0.4) is 0 Å². The van der Waals surface area contributed by atoms with Crippen molar-refractivity contribution in [3.05, 3.63) is 35.4 Å².